The summed E-state index contributed by atoms with van der Waals surface area (Å²) < 4.78 is 78.1. The van der Waals surface area contributed by atoms with E-state index >= 15 is 0 Å². The van der Waals surface area contributed by atoms with E-state index < -0.39 is 35.5 Å². The molecule has 3 rings (SSSR count). The van der Waals surface area contributed by atoms with Crippen LogP contribution in [0, 0.1) is 11.6 Å². The van der Waals surface area contributed by atoms with Crippen LogP contribution in [0.1, 0.15) is 36.8 Å². The van der Waals surface area contributed by atoms with Gasteiger partial charge in [-0.2, -0.15) is 13.2 Å². The molecule has 0 bridgehead atoms. The molecule has 0 aliphatic heterocycles. The fraction of sp³-hybridized carbons (Fsp3) is 0.391. The van der Waals surface area contributed by atoms with Crippen LogP contribution in [0.3, 0.4) is 0 Å². The Balaban J connectivity index is 1.56. The fourth-order valence-electron chi connectivity index (χ4n) is 2.98. The molecule has 1 aromatic heterocycles. The molecule has 35 heavy (non-hydrogen) atoms. The maximum atomic E-state index is 13.7. The molecular formula is C23H24F5N3O3S. The molecule has 0 spiro atoms. The molecule has 0 unspecified atom stereocenters. The van der Waals surface area contributed by atoms with Gasteiger partial charge in [-0.25, -0.2) is 8.78 Å². The molecule has 0 aliphatic rings. The van der Waals surface area contributed by atoms with Crippen molar-refractivity contribution in [1.82, 2.24) is 10.2 Å². The normalized spacial score (nSPS) is 13.5. The third kappa shape index (κ3) is 7.09. The van der Waals surface area contributed by atoms with Crippen LogP contribution < -0.4 is 15.2 Å². The number of nitrogens with zero attached hydrogens (tertiary/aromatic N) is 2. The molecule has 1 atom stereocenters. The van der Waals surface area contributed by atoms with E-state index in [0.717, 1.165) is 35.6 Å². The molecule has 0 fully saturated rings. The van der Waals surface area contributed by atoms with Crippen molar-refractivity contribution in [3.63, 3.8) is 0 Å². The summed E-state index contributed by atoms with van der Waals surface area (Å²) in [6.45, 7) is 1.31. The molecule has 0 radical (unpaired) electrons. The van der Waals surface area contributed by atoms with Crippen molar-refractivity contribution in [2.24, 2.45) is 5.73 Å². The van der Waals surface area contributed by atoms with Crippen molar-refractivity contribution in [2.75, 3.05) is 19.8 Å². The number of benzene rings is 2. The minimum absolute atomic E-state index is 0.0295. The van der Waals surface area contributed by atoms with Gasteiger partial charge in [0.15, 0.2) is 11.6 Å². The Morgan fingerprint density at radius 3 is 2.29 bits per heavy atom. The van der Waals surface area contributed by atoms with E-state index in [0.29, 0.717) is 24.3 Å². The van der Waals surface area contributed by atoms with Crippen molar-refractivity contribution in [2.45, 2.75) is 37.9 Å². The summed E-state index contributed by atoms with van der Waals surface area (Å²) in [5, 5.41) is 17.7. The van der Waals surface area contributed by atoms with Crippen LogP contribution in [-0.2, 0) is 11.7 Å². The van der Waals surface area contributed by atoms with Crippen molar-refractivity contribution < 1.29 is 36.5 Å². The molecule has 0 saturated carbocycles. The predicted octanol–water partition coefficient (Wildman–Crippen LogP) is 5.30. The number of nitrogens with two attached hydrogens (primary N) is 1. The van der Waals surface area contributed by atoms with Crippen LogP contribution in [0.15, 0.2) is 36.4 Å². The van der Waals surface area contributed by atoms with E-state index in [1.165, 1.54) is 12.1 Å². The molecule has 0 saturated heterocycles. The Morgan fingerprint density at radius 2 is 1.63 bits per heavy atom. The zero-order valence-corrected chi connectivity index (χ0v) is 19.6. The van der Waals surface area contributed by atoms with Gasteiger partial charge in [0.25, 0.3) is 0 Å². The van der Waals surface area contributed by atoms with Crippen LogP contribution >= 0.6 is 11.3 Å². The molecule has 12 heteroatoms. The lowest BCUT2D eigenvalue weighted by Gasteiger charge is -2.17. The first kappa shape index (κ1) is 26.8. The molecule has 0 aliphatic carbocycles. The van der Waals surface area contributed by atoms with Crippen molar-refractivity contribution in [1.29, 1.82) is 0 Å². The monoisotopic (exact) mass is 517 g/mol. The SMILES string of the molecule is C[C@](N)(CO)c1nnc(-c2ccc(OCCCCCOc3cc(F)ccc3F)c(C(F)(F)F)c2)s1. The molecule has 190 valence electrons. The molecule has 1 heterocycles. The van der Waals surface area contributed by atoms with Crippen molar-refractivity contribution in [3.8, 4) is 22.1 Å². The highest BCUT2D eigenvalue weighted by Crippen LogP contribution is 2.40. The number of aromatic nitrogens is 2. The maximum absolute atomic E-state index is 13.7. The lowest BCUT2D eigenvalue weighted by atomic mass is 10.1. The minimum Gasteiger partial charge on any atom is -0.493 e. The summed E-state index contributed by atoms with van der Waals surface area (Å²) in [5.41, 5.74) is 4.01. The highest BCUT2D eigenvalue weighted by molar-refractivity contribution is 7.14. The quantitative estimate of drug-likeness (QED) is 0.265. The highest BCUT2D eigenvalue weighted by Gasteiger charge is 2.35. The number of unbranched alkanes of at least 4 members (excludes halogenated alkanes) is 2. The lowest BCUT2D eigenvalue weighted by Crippen LogP contribution is -2.36. The Labute approximate surface area is 202 Å². The van der Waals surface area contributed by atoms with Gasteiger partial charge in [0.1, 0.15) is 21.6 Å². The van der Waals surface area contributed by atoms with Gasteiger partial charge in [0, 0.05) is 11.6 Å². The van der Waals surface area contributed by atoms with Crippen molar-refractivity contribution in [3.05, 3.63) is 58.6 Å². The minimum atomic E-state index is -4.66. The zero-order chi connectivity index (χ0) is 25.6. The molecule has 6 nitrogen and oxygen atoms in total. The number of hydrogen-bond donors (Lipinski definition) is 2. The smallest absolute Gasteiger partial charge is 0.419 e. The van der Waals surface area contributed by atoms with E-state index in [1.807, 2.05) is 0 Å². The molecular weight excluding hydrogens is 493 g/mol. The van der Waals surface area contributed by atoms with Crippen LogP contribution in [0.2, 0.25) is 0 Å². The Hall–Kier alpha value is -2.83. The first-order valence-electron chi connectivity index (χ1n) is 10.7. The van der Waals surface area contributed by atoms with E-state index in [2.05, 4.69) is 10.2 Å². The van der Waals surface area contributed by atoms with E-state index in [1.54, 1.807) is 6.92 Å². The van der Waals surface area contributed by atoms with Gasteiger partial charge in [0.2, 0.25) is 0 Å². The average molecular weight is 518 g/mol. The first-order valence-corrected chi connectivity index (χ1v) is 11.5. The summed E-state index contributed by atoms with van der Waals surface area (Å²) >= 11 is 1.00. The van der Waals surface area contributed by atoms with Gasteiger partial charge >= 0.3 is 6.18 Å². The molecule has 2 aromatic carbocycles. The highest BCUT2D eigenvalue weighted by atomic mass is 32.1. The fourth-order valence-corrected chi connectivity index (χ4v) is 3.87. The van der Waals surface area contributed by atoms with E-state index in [9.17, 15) is 27.1 Å². The largest absolute Gasteiger partial charge is 0.493 e. The number of halogens is 5. The standard InChI is InChI=1S/C23H24F5N3O3S/c1-22(29,13-32)21-31-30-20(35-21)14-5-8-18(16(11-14)23(26,27)28)33-9-3-2-4-10-34-19-12-15(24)6-7-17(19)25/h5-8,11-12,32H,2-4,9-10,13,29H2,1H3/t22-/m0/s1. The molecule has 3 aromatic rings. The summed E-state index contributed by atoms with van der Waals surface area (Å²) in [7, 11) is 0. The van der Waals surface area contributed by atoms with Gasteiger partial charge in [-0.1, -0.05) is 11.3 Å². The Morgan fingerprint density at radius 1 is 0.943 bits per heavy atom. The number of alkyl halides is 3. The lowest BCUT2D eigenvalue weighted by molar-refractivity contribution is -0.138. The number of aliphatic hydroxyl groups is 1. The number of rotatable bonds is 11. The van der Waals surface area contributed by atoms with Crippen LogP contribution in [0.5, 0.6) is 11.5 Å². The average Bonchev–Trinajstić information content (AvgIpc) is 3.31. The van der Waals surface area contributed by atoms with Gasteiger partial charge in [-0.05, 0) is 56.5 Å². The zero-order valence-electron chi connectivity index (χ0n) is 18.7. The summed E-state index contributed by atoms with van der Waals surface area (Å²) in [6.07, 6.45) is -3.19. The second kappa shape index (κ2) is 11.3. The number of ether oxygens (including phenoxy) is 2. The molecule has 3 N–H and O–H groups in total. The number of hydrogen-bond acceptors (Lipinski definition) is 7. The summed E-state index contributed by atoms with van der Waals surface area (Å²) in [4.78, 5) is 0. The van der Waals surface area contributed by atoms with Gasteiger partial charge in [-0.3, -0.25) is 0 Å². The Bertz CT molecular complexity index is 1140. The Kier molecular flexibility index (Phi) is 8.62. The van der Waals surface area contributed by atoms with Gasteiger partial charge in [0.05, 0.1) is 30.9 Å². The van der Waals surface area contributed by atoms with Gasteiger partial charge in [-0.15, -0.1) is 10.2 Å². The van der Waals surface area contributed by atoms with Gasteiger partial charge < -0.3 is 20.3 Å². The predicted molar refractivity (Wildman–Crippen MR) is 120 cm³/mol. The van der Waals surface area contributed by atoms with E-state index in [-0.39, 0.29) is 35.3 Å². The van der Waals surface area contributed by atoms with E-state index in [4.69, 9.17) is 15.2 Å². The maximum Gasteiger partial charge on any atom is 0.419 e. The topological polar surface area (TPSA) is 90.5 Å². The second-order valence-electron chi connectivity index (χ2n) is 8.03. The first-order chi connectivity index (χ1) is 16.5. The van der Waals surface area contributed by atoms with Crippen LogP contribution in [-0.4, -0.2) is 35.1 Å². The second-order valence-corrected chi connectivity index (χ2v) is 9.01. The van der Waals surface area contributed by atoms with Crippen LogP contribution in [0.4, 0.5) is 22.0 Å². The summed E-state index contributed by atoms with van der Waals surface area (Å²) in [5.74, 6) is -1.79. The van der Waals surface area contributed by atoms with Crippen molar-refractivity contribution >= 4 is 11.3 Å². The summed E-state index contributed by atoms with van der Waals surface area (Å²) in [6, 6.07) is 6.51. The third-order valence-electron chi connectivity index (χ3n) is 4.97. The molecule has 0 amide bonds. The number of aliphatic hydroxyl groups excluding tert-OH is 1. The van der Waals surface area contributed by atoms with Crippen LogP contribution in [0.25, 0.3) is 10.6 Å². The third-order valence-corrected chi connectivity index (χ3v) is 6.22.